The highest BCUT2D eigenvalue weighted by Gasteiger charge is 2.40. The van der Waals surface area contributed by atoms with Crippen LogP contribution in [0.15, 0.2) is 24.3 Å². The Morgan fingerprint density at radius 3 is 2.32 bits per heavy atom. The lowest BCUT2D eigenvalue weighted by Gasteiger charge is -2.39. The molecule has 0 radical (unpaired) electrons. The highest BCUT2D eigenvalue weighted by Crippen LogP contribution is 2.24. The van der Waals surface area contributed by atoms with Gasteiger partial charge in [0, 0.05) is 32.7 Å². The molecule has 1 aromatic rings. The minimum Gasteiger partial charge on any atom is -0.366 e. The average Bonchev–Trinajstić information content (AvgIpc) is 2.59. The quantitative estimate of drug-likeness (QED) is 0.830. The molecule has 25 heavy (non-hydrogen) atoms. The zero-order valence-corrected chi connectivity index (χ0v) is 15.5. The summed E-state index contributed by atoms with van der Waals surface area (Å²) in [5.41, 5.74) is -0.543. The van der Waals surface area contributed by atoms with E-state index in [1.54, 1.807) is 36.9 Å². The van der Waals surface area contributed by atoms with Crippen LogP contribution in [0.5, 0.6) is 0 Å². The molecule has 0 aliphatic carbocycles. The number of anilines is 1. The molecule has 1 aliphatic rings. The van der Waals surface area contributed by atoms with Gasteiger partial charge >= 0.3 is 0 Å². The van der Waals surface area contributed by atoms with Crippen LogP contribution in [-0.4, -0.2) is 49.4 Å². The fraction of sp³-hybridized carbons (Fsp3) is 0.579. The number of carbonyl (C=O) groups excluding carboxylic acids is 2. The fourth-order valence-electron chi connectivity index (χ4n) is 2.87. The van der Waals surface area contributed by atoms with E-state index in [0.717, 1.165) is 0 Å². The smallest absolute Gasteiger partial charge is 0.237 e. The number of hydrogen-bond donors (Lipinski definition) is 1. The summed E-state index contributed by atoms with van der Waals surface area (Å²) in [6, 6.07) is 6.65. The molecule has 2 amide bonds. The van der Waals surface area contributed by atoms with Crippen LogP contribution in [0.3, 0.4) is 0 Å². The van der Waals surface area contributed by atoms with Gasteiger partial charge in [0.05, 0.1) is 5.69 Å². The van der Waals surface area contributed by atoms with Crippen LogP contribution in [0.1, 0.15) is 27.7 Å². The van der Waals surface area contributed by atoms with Gasteiger partial charge in [0.25, 0.3) is 0 Å². The second kappa shape index (κ2) is 7.85. The van der Waals surface area contributed by atoms with Gasteiger partial charge in [-0.25, -0.2) is 4.39 Å². The van der Waals surface area contributed by atoms with Crippen molar-refractivity contribution in [1.82, 2.24) is 10.2 Å². The minimum atomic E-state index is -1.10. The van der Waals surface area contributed by atoms with Crippen molar-refractivity contribution in [3.63, 3.8) is 0 Å². The number of piperazine rings is 1. The van der Waals surface area contributed by atoms with Crippen LogP contribution < -0.4 is 10.2 Å². The molecule has 0 spiro atoms. The zero-order valence-electron chi connectivity index (χ0n) is 15.5. The Morgan fingerprint density at radius 1 is 1.16 bits per heavy atom. The third kappa shape index (κ3) is 4.50. The van der Waals surface area contributed by atoms with Crippen LogP contribution in [-0.2, 0) is 9.59 Å². The van der Waals surface area contributed by atoms with Gasteiger partial charge in [-0.2, -0.15) is 0 Å². The Hall–Kier alpha value is -2.11. The second-order valence-electron chi connectivity index (χ2n) is 7.46. The number of nitrogens with one attached hydrogen (secondary N) is 1. The van der Waals surface area contributed by atoms with Gasteiger partial charge in [-0.1, -0.05) is 26.0 Å². The number of nitrogens with zero attached hydrogens (tertiary/aromatic N) is 2. The van der Waals surface area contributed by atoms with Gasteiger partial charge in [0.2, 0.25) is 11.8 Å². The van der Waals surface area contributed by atoms with E-state index in [1.807, 2.05) is 18.7 Å². The van der Waals surface area contributed by atoms with E-state index in [-0.39, 0.29) is 17.6 Å². The summed E-state index contributed by atoms with van der Waals surface area (Å²) >= 11 is 0. The zero-order chi connectivity index (χ0) is 18.6. The molecular formula is C19H28FN3O2. The maximum Gasteiger partial charge on any atom is 0.237 e. The number of rotatable bonds is 5. The summed E-state index contributed by atoms with van der Waals surface area (Å²) in [5.74, 6) is -0.348. The van der Waals surface area contributed by atoms with Gasteiger partial charge in [-0.15, -0.1) is 0 Å². The predicted molar refractivity (Wildman–Crippen MR) is 96.8 cm³/mol. The second-order valence-corrected chi connectivity index (χ2v) is 7.46. The molecule has 0 aromatic heterocycles. The van der Waals surface area contributed by atoms with E-state index in [9.17, 15) is 14.0 Å². The van der Waals surface area contributed by atoms with Crippen LogP contribution in [0.25, 0.3) is 0 Å². The van der Waals surface area contributed by atoms with E-state index >= 15 is 0 Å². The van der Waals surface area contributed by atoms with Crippen molar-refractivity contribution in [2.75, 3.05) is 37.6 Å². The number of para-hydroxylation sites is 1. The van der Waals surface area contributed by atoms with E-state index in [1.165, 1.54) is 6.07 Å². The van der Waals surface area contributed by atoms with E-state index in [0.29, 0.717) is 44.3 Å². The van der Waals surface area contributed by atoms with Gasteiger partial charge in [0.15, 0.2) is 0 Å². The fourth-order valence-corrected chi connectivity index (χ4v) is 2.87. The van der Waals surface area contributed by atoms with E-state index in [4.69, 9.17) is 0 Å². The van der Waals surface area contributed by atoms with Crippen molar-refractivity contribution >= 4 is 17.5 Å². The number of halogens is 1. The molecule has 0 unspecified atom stereocenters. The molecule has 6 heteroatoms. The van der Waals surface area contributed by atoms with Crippen molar-refractivity contribution in [2.45, 2.75) is 27.7 Å². The summed E-state index contributed by atoms with van der Waals surface area (Å²) in [6.45, 7) is 9.96. The predicted octanol–water partition coefficient (Wildman–Crippen LogP) is 2.27. The molecule has 0 atom stereocenters. The lowest BCUT2D eigenvalue weighted by Crippen LogP contribution is -2.55. The number of hydrogen-bond acceptors (Lipinski definition) is 3. The van der Waals surface area contributed by atoms with Crippen molar-refractivity contribution in [1.29, 1.82) is 0 Å². The average molecular weight is 349 g/mol. The lowest BCUT2D eigenvalue weighted by atomic mass is 9.89. The van der Waals surface area contributed by atoms with Crippen molar-refractivity contribution < 1.29 is 14.0 Å². The van der Waals surface area contributed by atoms with Crippen molar-refractivity contribution in [3.8, 4) is 0 Å². The first-order valence-electron chi connectivity index (χ1n) is 8.80. The van der Waals surface area contributed by atoms with E-state index < -0.39 is 5.41 Å². The molecule has 1 fully saturated rings. The van der Waals surface area contributed by atoms with Crippen LogP contribution in [0, 0.1) is 17.2 Å². The molecule has 0 saturated carbocycles. The Balaban J connectivity index is 1.96. The van der Waals surface area contributed by atoms with Gasteiger partial charge in [-0.05, 0) is 31.9 Å². The van der Waals surface area contributed by atoms with Gasteiger partial charge in [0.1, 0.15) is 11.2 Å². The SMILES string of the molecule is CC(C)CNC(=O)C(C)(C)C(=O)N1CCN(c2ccccc2F)CC1. The third-order valence-corrected chi connectivity index (χ3v) is 4.53. The molecule has 1 saturated heterocycles. The maximum absolute atomic E-state index is 13.9. The summed E-state index contributed by atoms with van der Waals surface area (Å²) < 4.78 is 13.9. The molecule has 5 nitrogen and oxygen atoms in total. The van der Waals surface area contributed by atoms with Crippen LogP contribution in [0.2, 0.25) is 0 Å². The summed E-state index contributed by atoms with van der Waals surface area (Å²) in [5, 5.41) is 2.84. The molecule has 1 N–H and O–H groups in total. The topological polar surface area (TPSA) is 52.7 Å². The summed E-state index contributed by atoms with van der Waals surface area (Å²) in [4.78, 5) is 28.8. The Labute approximate surface area is 149 Å². The van der Waals surface area contributed by atoms with Crippen molar-refractivity contribution in [3.05, 3.63) is 30.1 Å². The number of carbonyl (C=O) groups is 2. The Kier molecular flexibility index (Phi) is 6.03. The van der Waals surface area contributed by atoms with Crippen LogP contribution in [0.4, 0.5) is 10.1 Å². The lowest BCUT2D eigenvalue weighted by molar-refractivity contribution is -0.148. The highest BCUT2D eigenvalue weighted by molar-refractivity contribution is 6.04. The summed E-state index contributed by atoms with van der Waals surface area (Å²) in [7, 11) is 0. The molecule has 2 rings (SSSR count). The highest BCUT2D eigenvalue weighted by atomic mass is 19.1. The number of benzene rings is 1. The first kappa shape index (κ1) is 19.2. The molecule has 138 valence electrons. The largest absolute Gasteiger partial charge is 0.366 e. The van der Waals surface area contributed by atoms with Crippen LogP contribution >= 0.6 is 0 Å². The van der Waals surface area contributed by atoms with Gasteiger partial charge < -0.3 is 15.1 Å². The Bertz CT molecular complexity index is 623. The summed E-state index contributed by atoms with van der Waals surface area (Å²) in [6.07, 6.45) is 0. The third-order valence-electron chi connectivity index (χ3n) is 4.53. The molecule has 1 heterocycles. The monoisotopic (exact) mass is 349 g/mol. The first-order chi connectivity index (χ1) is 11.7. The van der Waals surface area contributed by atoms with E-state index in [2.05, 4.69) is 5.32 Å². The molecule has 1 aliphatic heterocycles. The first-order valence-corrected chi connectivity index (χ1v) is 8.80. The Morgan fingerprint density at radius 2 is 1.76 bits per heavy atom. The maximum atomic E-state index is 13.9. The molecule has 0 bridgehead atoms. The normalized spacial score (nSPS) is 15.4. The number of amides is 2. The van der Waals surface area contributed by atoms with Crippen molar-refractivity contribution in [2.24, 2.45) is 11.3 Å². The molecule has 1 aromatic carbocycles. The molecular weight excluding hydrogens is 321 g/mol. The standard InChI is InChI=1S/C19H28FN3O2/c1-14(2)13-21-17(24)19(3,4)18(25)23-11-9-22(10-12-23)16-8-6-5-7-15(16)20/h5-8,14H,9-13H2,1-4H3,(H,21,24). The minimum absolute atomic E-state index is 0.179. The van der Waals surface area contributed by atoms with Gasteiger partial charge in [-0.3, -0.25) is 9.59 Å².